The van der Waals surface area contributed by atoms with Gasteiger partial charge in [-0.05, 0) is 44.7 Å². The van der Waals surface area contributed by atoms with Crippen LogP contribution in [-0.2, 0) is 16.0 Å². The van der Waals surface area contributed by atoms with Crippen LogP contribution in [0, 0.1) is 11.8 Å². The fraction of sp³-hybridized carbons (Fsp3) is 0.542. The molecule has 1 aromatic carbocycles. The fourth-order valence-corrected chi connectivity index (χ4v) is 4.76. The normalized spacial score (nSPS) is 19.4. The van der Waals surface area contributed by atoms with Gasteiger partial charge >= 0.3 is 0 Å². The van der Waals surface area contributed by atoms with Crippen LogP contribution in [0.2, 0.25) is 0 Å². The van der Waals surface area contributed by atoms with Crippen molar-refractivity contribution in [1.29, 1.82) is 0 Å². The summed E-state index contributed by atoms with van der Waals surface area (Å²) in [5, 5.41) is 2.92. The molecule has 1 aliphatic carbocycles. The first kappa shape index (κ1) is 21.4. The summed E-state index contributed by atoms with van der Waals surface area (Å²) in [6.07, 6.45) is 8.11. The molecule has 0 saturated heterocycles. The summed E-state index contributed by atoms with van der Waals surface area (Å²) in [7, 11) is 1.59. The van der Waals surface area contributed by atoms with E-state index in [1.54, 1.807) is 30.5 Å². The molecule has 0 bridgehead atoms. The van der Waals surface area contributed by atoms with Crippen LogP contribution in [-0.4, -0.2) is 35.0 Å². The van der Waals surface area contributed by atoms with Gasteiger partial charge in [0.15, 0.2) is 5.82 Å². The molecule has 0 spiro atoms. The predicted octanol–water partition coefficient (Wildman–Crippen LogP) is 4.20. The first-order valence-corrected chi connectivity index (χ1v) is 11.3. The Kier molecular flexibility index (Phi) is 6.30. The number of carbonyl (C=O) groups is 2. The average molecular weight is 425 g/mol. The molecule has 2 amide bonds. The Hall–Kier alpha value is -2.83. The van der Waals surface area contributed by atoms with E-state index in [2.05, 4.69) is 28.7 Å². The van der Waals surface area contributed by atoms with Crippen molar-refractivity contribution >= 4 is 23.3 Å². The van der Waals surface area contributed by atoms with Crippen molar-refractivity contribution in [2.45, 2.75) is 58.4 Å². The smallest absolute Gasteiger partial charge is 0.241 e. The third-order valence-corrected chi connectivity index (χ3v) is 6.47. The highest BCUT2D eigenvalue weighted by atomic mass is 16.5. The van der Waals surface area contributed by atoms with Crippen molar-refractivity contribution in [3.05, 3.63) is 36.3 Å². The first-order valence-electron chi connectivity index (χ1n) is 11.3. The maximum atomic E-state index is 13.5. The lowest BCUT2D eigenvalue weighted by atomic mass is 9.87. The van der Waals surface area contributed by atoms with Crippen LogP contribution in [0.5, 0.6) is 5.75 Å². The Morgan fingerprint density at radius 1 is 1.26 bits per heavy atom. The molecule has 1 aliphatic heterocycles. The molecule has 7 heteroatoms. The zero-order valence-electron chi connectivity index (χ0n) is 18.6. The Balaban J connectivity index is 1.60. The highest BCUT2D eigenvalue weighted by molar-refractivity contribution is 6.13. The molecular weight excluding hydrogens is 392 g/mol. The van der Waals surface area contributed by atoms with Crippen molar-refractivity contribution < 1.29 is 14.3 Å². The Morgan fingerprint density at radius 2 is 2.03 bits per heavy atom. The number of hydrogen-bond acceptors (Lipinski definition) is 4. The summed E-state index contributed by atoms with van der Waals surface area (Å²) in [4.78, 5) is 33.1. The summed E-state index contributed by atoms with van der Waals surface area (Å²) in [5.41, 5.74) is 1.59. The van der Waals surface area contributed by atoms with Crippen molar-refractivity contribution in [3.63, 3.8) is 0 Å². The second kappa shape index (κ2) is 9.12. The number of benzene rings is 1. The zero-order valence-corrected chi connectivity index (χ0v) is 18.6. The molecule has 1 atom stereocenters. The standard InChI is InChI=1S/C24H32N4O3/c1-16(2)28-15-25-22-21(28)13-20(23(29)26-18-10-7-11-19(12-18)31-3)24(30)27(22)14-17-8-5-4-6-9-17/h7,10-12,15-17,20H,4-6,8-9,13-14H2,1-3H3,(H,26,29). The van der Waals surface area contributed by atoms with Crippen LogP contribution in [0.15, 0.2) is 30.6 Å². The number of imidazole rings is 1. The lowest BCUT2D eigenvalue weighted by Gasteiger charge is -2.35. The summed E-state index contributed by atoms with van der Waals surface area (Å²) in [6, 6.07) is 7.41. The third kappa shape index (κ3) is 4.45. The largest absolute Gasteiger partial charge is 0.497 e. The molecular formula is C24H32N4O3. The van der Waals surface area contributed by atoms with E-state index in [1.165, 1.54) is 19.3 Å². The number of anilines is 2. The van der Waals surface area contributed by atoms with Gasteiger partial charge in [-0.2, -0.15) is 0 Å². The summed E-state index contributed by atoms with van der Waals surface area (Å²) >= 11 is 0. The van der Waals surface area contributed by atoms with Crippen molar-refractivity contribution in [1.82, 2.24) is 9.55 Å². The number of aromatic nitrogens is 2. The number of nitrogens with one attached hydrogen (secondary N) is 1. The van der Waals surface area contributed by atoms with Gasteiger partial charge in [-0.1, -0.05) is 25.3 Å². The highest BCUT2D eigenvalue weighted by Crippen LogP contribution is 2.34. The molecule has 166 valence electrons. The first-order chi connectivity index (χ1) is 15.0. The number of ether oxygens (including phenoxy) is 1. The number of methoxy groups -OCH3 is 1. The minimum absolute atomic E-state index is 0.146. The van der Waals surface area contributed by atoms with Crippen molar-refractivity contribution in [3.8, 4) is 5.75 Å². The minimum Gasteiger partial charge on any atom is -0.497 e. The summed E-state index contributed by atoms with van der Waals surface area (Å²) < 4.78 is 7.33. The van der Waals surface area contributed by atoms with Crippen LogP contribution in [0.25, 0.3) is 0 Å². The van der Waals surface area contributed by atoms with E-state index >= 15 is 0 Å². The second-order valence-corrected chi connectivity index (χ2v) is 8.95. The molecule has 1 unspecified atom stereocenters. The summed E-state index contributed by atoms with van der Waals surface area (Å²) in [6.45, 7) is 4.83. The van der Waals surface area contributed by atoms with E-state index in [0.29, 0.717) is 30.3 Å². The molecule has 4 rings (SSSR count). The number of carbonyl (C=O) groups excluding carboxylic acids is 2. The zero-order chi connectivity index (χ0) is 22.0. The lowest BCUT2D eigenvalue weighted by Crippen LogP contribution is -2.48. The van der Waals surface area contributed by atoms with Gasteiger partial charge in [0, 0.05) is 30.8 Å². The molecule has 0 radical (unpaired) electrons. The van der Waals surface area contributed by atoms with Crippen LogP contribution >= 0.6 is 0 Å². The molecule has 1 saturated carbocycles. The van der Waals surface area contributed by atoms with Gasteiger partial charge in [0.2, 0.25) is 11.8 Å². The third-order valence-electron chi connectivity index (χ3n) is 6.47. The molecule has 7 nitrogen and oxygen atoms in total. The Labute approximate surface area is 183 Å². The van der Waals surface area contributed by atoms with E-state index in [-0.39, 0.29) is 17.9 Å². The number of rotatable bonds is 6. The van der Waals surface area contributed by atoms with Crippen LogP contribution in [0.4, 0.5) is 11.5 Å². The molecule has 1 N–H and O–H groups in total. The van der Waals surface area contributed by atoms with Crippen molar-refractivity contribution in [2.75, 3.05) is 23.9 Å². The van der Waals surface area contributed by atoms with Gasteiger partial charge in [0.1, 0.15) is 11.7 Å². The van der Waals surface area contributed by atoms with Gasteiger partial charge in [-0.25, -0.2) is 4.98 Å². The second-order valence-electron chi connectivity index (χ2n) is 8.95. The van der Waals surface area contributed by atoms with Gasteiger partial charge in [0.25, 0.3) is 0 Å². The molecule has 2 heterocycles. The van der Waals surface area contributed by atoms with E-state index in [4.69, 9.17) is 4.74 Å². The molecule has 2 aromatic rings. The average Bonchev–Trinajstić information content (AvgIpc) is 3.20. The predicted molar refractivity (Wildman–Crippen MR) is 120 cm³/mol. The van der Waals surface area contributed by atoms with Crippen LogP contribution in [0.3, 0.4) is 0 Å². The molecule has 1 aromatic heterocycles. The number of amides is 2. The monoisotopic (exact) mass is 424 g/mol. The maximum absolute atomic E-state index is 13.5. The van der Waals surface area contributed by atoms with E-state index in [9.17, 15) is 9.59 Å². The summed E-state index contributed by atoms with van der Waals surface area (Å²) in [5.74, 6) is 0.662. The van der Waals surface area contributed by atoms with E-state index in [0.717, 1.165) is 24.4 Å². The Bertz CT molecular complexity index is 946. The van der Waals surface area contributed by atoms with E-state index in [1.807, 2.05) is 12.1 Å². The molecule has 2 aliphatic rings. The van der Waals surface area contributed by atoms with E-state index < -0.39 is 5.92 Å². The van der Waals surface area contributed by atoms with Gasteiger partial charge in [-0.15, -0.1) is 0 Å². The SMILES string of the molecule is COc1cccc(NC(=O)C2Cc3c(ncn3C(C)C)N(CC3CCCCC3)C2=O)c1. The minimum atomic E-state index is -0.767. The molecule has 1 fully saturated rings. The fourth-order valence-electron chi connectivity index (χ4n) is 4.76. The van der Waals surface area contributed by atoms with Gasteiger partial charge in [0.05, 0.1) is 19.1 Å². The van der Waals surface area contributed by atoms with Gasteiger partial charge < -0.3 is 14.6 Å². The quantitative estimate of drug-likeness (QED) is 0.705. The maximum Gasteiger partial charge on any atom is 0.241 e. The number of nitrogens with zero attached hydrogens (tertiary/aromatic N) is 3. The topological polar surface area (TPSA) is 76.5 Å². The van der Waals surface area contributed by atoms with Crippen LogP contribution < -0.4 is 15.0 Å². The highest BCUT2D eigenvalue weighted by Gasteiger charge is 2.41. The molecule has 31 heavy (non-hydrogen) atoms. The Morgan fingerprint density at radius 3 is 2.74 bits per heavy atom. The lowest BCUT2D eigenvalue weighted by molar-refractivity contribution is -0.131. The number of hydrogen-bond donors (Lipinski definition) is 1. The van der Waals surface area contributed by atoms with Crippen LogP contribution in [0.1, 0.15) is 57.7 Å². The number of fused-ring (bicyclic) bond motifs is 1. The van der Waals surface area contributed by atoms with Gasteiger partial charge in [-0.3, -0.25) is 14.5 Å². The van der Waals surface area contributed by atoms with Crippen molar-refractivity contribution in [2.24, 2.45) is 11.8 Å².